The molecule has 2 aliphatic rings. The van der Waals surface area contributed by atoms with Crippen molar-refractivity contribution in [2.45, 2.75) is 44.1 Å². The summed E-state index contributed by atoms with van der Waals surface area (Å²) >= 11 is 0. The van der Waals surface area contributed by atoms with Gasteiger partial charge in [-0.05, 0) is 25.8 Å². The number of aliphatic hydroxyl groups excluding tert-OH is 2. The lowest BCUT2D eigenvalue weighted by Crippen LogP contribution is -2.38. The second-order valence-corrected chi connectivity index (χ2v) is 6.77. The van der Waals surface area contributed by atoms with E-state index in [0.29, 0.717) is 17.5 Å². The zero-order valence-corrected chi connectivity index (χ0v) is 12.5. The molecule has 0 aromatic carbocycles. The lowest BCUT2D eigenvalue weighted by Gasteiger charge is -2.26. The standard InChI is InChI=1S/C15H21N5O2/c1-8-4-15(6-17-8)5-10(11(21)12(15)22)20-3-2-9-13(16)18-7-19-14(9)20/h2-3,7-8,10-12,17,21-22H,4-6H2,1H3,(H2,16,18,19)/t8?,10-,11+,12+,15+/m1/s1. The summed E-state index contributed by atoms with van der Waals surface area (Å²) in [6, 6.07) is 2.03. The van der Waals surface area contributed by atoms with E-state index >= 15 is 0 Å². The topological polar surface area (TPSA) is 109 Å². The molecule has 22 heavy (non-hydrogen) atoms. The first-order valence-electron chi connectivity index (χ1n) is 7.68. The first-order valence-corrected chi connectivity index (χ1v) is 7.68. The molecule has 1 saturated carbocycles. The molecule has 5 atom stereocenters. The molecule has 0 amide bonds. The molecule has 0 bridgehead atoms. The molecule has 4 rings (SSSR count). The normalized spacial score (nSPS) is 38.3. The predicted molar refractivity (Wildman–Crippen MR) is 82.1 cm³/mol. The van der Waals surface area contributed by atoms with Gasteiger partial charge in [0.1, 0.15) is 23.9 Å². The van der Waals surface area contributed by atoms with Crippen molar-refractivity contribution in [1.82, 2.24) is 19.9 Å². The molecular weight excluding hydrogens is 282 g/mol. The summed E-state index contributed by atoms with van der Waals surface area (Å²) in [5, 5.41) is 25.4. The van der Waals surface area contributed by atoms with Crippen LogP contribution in [0.2, 0.25) is 0 Å². The van der Waals surface area contributed by atoms with Gasteiger partial charge in [0.15, 0.2) is 0 Å². The van der Waals surface area contributed by atoms with E-state index in [1.165, 1.54) is 6.33 Å². The zero-order valence-electron chi connectivity index (χ0n) is 12.5. The van der Waals surface area contributed by atoms with Crippen molar-refractivity contribution in [3.63, 3.8) is 0 Å². The van der Waals surface area contributed by atoms with Gasteiger partial charge in [0.25, 0.3) is 0 Å². The number of fused-ring (bicyclic) bond motifs is 1. The van der Waals surface area contributed by atoms with Gasteiger partial charge in [-0.2, -0.15) is 0 Å². The average molecular weight is 303 g/mol. The van der Waals surface area contributed by atoms with Crippen LogP contribution in [0.1, 0.15) is 25.8 Å². The Morgan fingerprint density at radius 1 is 1.36 bits per heavy atom. The van der Waals surface area contributed by atoms with Crippen LogP contribution < -0.4 is 11.1 Å². The second kappa shape index (κ2) is 4.65. The second-order valence-electron chi connectivity index (χ2n) is 6.77. The van der Waals surface area contributed by atoms with E-state index in [9.17, 15) is 10.2 Å². The number of nitrogens with two attached hydrogens (primary N) is 1. The van der Waals surface area contributed by atoms with Crippen LogP contribution in [-0.2, 0) is 0 Å². The molecule has 3 heterocycles. The summed E-state index contributed by atoms with van der Waals surface area (Å²) in [7, 11) is 0. The first kappa shape index (κ1) is 13.9. The largest absolute Gasteiger partial charge is 0.390 e. The average Bonchev–Trinajstić information content (AvgIpc) is 3.14. The zero-order chi connectivity index (χ0) is 15.5. The van der Waals surface area contributed by atoms with E-state index in [1.807, 2.05) is 16.8 Å². The molecule has 0 radical (unpaired) electrons. The number of hydrogen-bond acceptors (Lipinski definition) is 6. The van der Waals surface area contributed by atoms with E-state index < -0.39 is 12.2 Å². The number of nitrogens with zero attached hydrogens (tertiary/aromatic N) is 3. The molecule has 7 nitrogen and oxygen atoms in total. The van der Waals surface area contributed by atoms with Crippen LogP contribution >= 0.6 is 0 Å². The maximum absolute atomic E-state index is 10.6. The lowest BCUT2D eigenvalue weighted by molar-refractivity contribution is -0.0216. The minimum absolute atomic E-state index is 0.200. The van der Waals surface area contributed by atoms with Crippen LogP contribution in [0.3, 0.4) is 0 Å². The van der Waals surface area contributed by atoms with Crippen LogP contribution in [0.4, 0.5) is 5.82 Å². The number of rotatable bonds is 1. The summed E-state index contributed by atoms with van der Waals surface area (Å²) in [5.74, 6) is 0.433. The third kappa shape index (κ3) is 1.79. The van der Waals surface area contributed by atoms with E-state index in [0.717, 1.165) is 24.8 Å². The highest BCUT2D eigenvalue weighted by Gasteiger charge is 2.55. The predicted octanol–water partition coefficient (Wildman–Crippen LogP) is 0.0483. The van der Waals surface area contributed by atoms with Crippen LogP contribution in [0.15, 0.2) is 18.6 Å². The Morgan fingerprint density at radius 3 is 2.91 bits per heavy atom. The Balaban J connectivity index is 1.75. The minimum Gasteiger partial charge on any atom is -0.390 e. The van der Waals surface area contributed by atoms with Crippen molar-refractivity contribution in [3.8, 4) is 0 Å². The van der Waals surface area contributed by atoms with Crippen molar-refractivity contribution >= 4 is 16.9 Å². The lowest BCUT2D eigenvalue weighted by atomic mass is 9.81. The summed E-state index contributed by atoms with van der Waals surface area (Å²) in [5.41, 5.74) is 6.32. The van der Waals surface area contributed by atoms with Crippen molar-refractivity contribution < 1.29 is 10.2 Å². The van der Waals surface area contributed by atoms with Crippen LogP contribution in [0, 0.1) is 5.41 Å². The molecule has 118 valence electrons. The third-order valence-corrected chi connectivity index (χ3v) is 5.37. The van der Waals surface area contributed by atoms with E-state index in [1.54, 1.807) is 0 Å². The van der Waals surface area contributed by atoms with E-state index in [2.05, 4.69) is 22.2 Å². The van der Waals surface area contributed by atoms with Gasteiger partial charge in [-0.25, -0.2) is 9.97 Å². The Labute approximate surface area is 128 Å². The highest BCUT2D eigenvalue weighted by molar-refractivity contribution is 5.86. The Kier molecular flexibility index (Phi) is 2.94. The number of aliphatic hydroxyl groups is 2. The third-order valence-electron chi connectivity index (χ3n) is 5.37. The van der Waals surface area contributed by atoms with Crippen LogP contribution in [-0.4, -0.2) is 49.5 Å². The molecule has 1 spiro atoms. The highest BCUT2D eigenvalue weighted by Crippen LogP contribution is 2.50. The SMILES string of the molecule is CC1C[C@@]2(CN1)C[C@@H](n1ccc3c(N)ncnc31)[C@H](O)[C@@H]2O. The molecule has 2 aromatic rings. The van der Waals surface area contributed by atoms with Gasteiger partial charge in [-0.1, -0.05) is 0 Å². The number of nitrogens with one attached hydrogen (secondary N) is 1. The number of hydrogen-bond donors (Lipinski definition) is 4. The van der Waals surface area contributed by atoms with Crippen molar-refractivity contribution in [1.29, 1.82) is 0 Å². The maximum Gasteiger partial charge on any atom is 0.145 e. The van der Waals surface area contributed by atoms with E-state index in [4.69, 9.17) is 5.73 Å². The summed E-state index contributed by atoms with van der Waals surface area (Å²) in [6.45, 7) is 2.85. The molecule has 1 saturated heterocycles. The fourth-order valence-electron chi connectivity index (χ4n) is 4.26. The van der Waals surface area contributed by atoms with Gasteiger partial charge in [0.05, 0.1) is 17.5 Å². The van der Waals surface area contributed by atoms with Gasteiger partial charge in [0, 0.05) is 24.2 Å². The van der Waals surface area contributed by atoms with Gasteiger partial charge in [0.2, 0.25) is 0 Å². The van der Waals surface area contributed by atoms with Crippen molar-refractivity contribution in [2.24, 2.45) is 5.41 Å². The Bertz CT molecular complexity index is 717. The molecule has 1 aliphatic carbocycles. The highest BCUT2D eigenvalue weighted by atomic mass is 16.3. The van der Waals surface area contributed by atoms with Crippen molar-refractivity contribution in [2.75, 3.05) is 12.3 Å². The summed E-state index contributed by atoms with van der Waals surface area (Å²) in [4.78, 5) is 8.29. The fourth-order valence-corrected chi connectivity index (χ4v) is 4.26. The maximum atomic E-state index is 10.6. The molecule has 1 unspecified atom stereocenters. The first-order chi connectivity index (χ1) is 10.5. The number of anilines is 1. The Hall–Kier alpha value is -1.70. The van der Waals surface area contributed by atoms with Crippen LogP contribution in [0.5, 0.6) is 0 Å². The van der Waals surface area contributed by atoms with Crippen LogP contribution in [0.25, 0.3) is 11.0 Å². The van der Waals surface area contributed by atoms with Gasteiger partial charge >= 0.3 is 0 Å². The summed E-state index contributed by atoms with van der Waals surface area (Å²) in [6.07, 6.45) is 3.37. The molecule has 5 N–H and O–H groups in total. The van der Waals surface area contributed by atoms with Crippen molar-refractivity contribution in [3.05, 3.63) is 18.6 Å². The van der Waals surface area contributed by atoms with E-state index in [-0.39, 0.29) is 11.5 Å². The Morgan fingerprint density at radius 2 is 2.18 bits per heavy atom. The van der Waals surface area contributed by atoms with Gasteiger partial charge in [-0.3, -0.25) is 0 Å². The molecule has 1 aliphatic heterocycles. The molecule has 2 fully saturated rings. The minimum atomic E-state index is -0.807. The van der Waals surface area contributed by atoms with Gasteiger partial charge < -0.3 is 25.8 Å². The molecular formula is C15H21N5O2. The number of nitrogen functional groups attached to an aromatic ring is 1. The quantitative estimate of drug-likeness (QED) is 0.592. The molecule has 2 aromatic heterocycles. The molecule has 7 heteroatoms. The van der Waals surface area contributed by atoms with Gasteiger partial charge in [-0.15, -0.1) is 0 Å². The summed E-state index contributed by atoms with van der Waals surface area (Å²) < 4.78 is 1.93. The number of aromatic nitrogens is 3. The monoisotopic (exact) mass is 303 g/mol. The smallest absolute Gasteiger partial charge is 0.145 e. The fraction of sp³-hybridized carbons (Fsp3) is 0.600.